The Morgan fingerprint density at radius 3 is 2.40 bits per heavy atom. The van der Waals surface area contributed by atoms with Crippen molar-refractivity contribution >= 4 is 15.9 Å². The summed E-state index contributed by atoms with van der Waals surface area (Å²) in [5.41, 5.74) is -0.0776. The van der Waals surface area contributed by atoms with Crippen molar-refractivity contribution in [3.63, 3.8) is 0 Å². The second kappa shape index (κ2) is 6.72. The van der Waals surface area contributed by atoms with E-state index in [1.807, 2.05) is 0 Å². The van der Waals surface area contributed by atoms with E-state index >= 15 is 0 Å². The first kappa shape index (κ1) is 18.4. The first-order valence-electron chi connectivity index (χ1n) is 9.03. The Kier molecular flexibility index (Phi) is 4.94. The van der Waals surface area contributed by atoms with Crippen LogP contribution in [0.5, 0.6) is 0 Å². The van der Waals surface area contributed by atoms with Crippen LogP contribution >= 0.6 is 0 Å². The summed E-state index contributed by atoms with van der Waals surface area (Å²) in [4.78, 5) is 16.7. The highest BCUT2D eigenvalue weighted by molar-refractivity contribution is 7.89. The molecule has 1 amide bonds. The van der Waals surface area contributed by atoms with E-state index in [4.69, 9.17) is 0 Å². The zero-order valence-corrected chi connectivity index (χ0v) is 16.1. The highest BCUT2D eigenvalue weighted by Crippen LogP contribution is 2.30. The molecule has 1 aromatic heterocycles. The van der Waals surface area contributed by atoms with Gasteiger partial charge < -0.3 is 9.88 Å². The third-order valence-electron chi connectivity index (χ3n) is 5.65. The van der Waals surface area contributed by atoms with Crippen molar-refractivity contribution < 1.29 is 13.2 Å². The number of hydrogen-bond donors (Lipinski definition) is 1. The van der Waals surface area contributed by atoms with Crippen LogP contribution in [0.2, 0.25) is 0 Å². The standard InChI is InChI=1S/C17H28N4O3S/c1-13-18-15(12-20(13)3)25(23,24)21-10-6-14(7-11-21)16(22)19-17(2)8-4-5-9-17/h12,14H,4-11H2,1-3H3,(H,19,22). The smallest absolute Gasteiger partial charge is 0.262 e. The summed E-state index contributed by atoms with van der Waals surface area (Å²) in [5.74, 6) is 0.641. The van der Waals surface area contributed by atoms with Gasteiger partial charge >= 0.3 is 0 Å². The molecule has 0 aromatic carbocycles. The lowest BCUT2D eigenvalue weighted by molar-refractivity contribution is -0.127. The predicted octanol–water partition coefficient (Wildman–Crippen LogP) is 1.58. The molecule has 2 aliphatic rings. The van der Waals surface area contributed by atoms with Gasteiger partial charge in [-0.15, -0.1) is 0 Å². The maximum Gasteiger partial charge on any atom is 0.262 e. The number of amides is 1. The van der Waals surface area contributed by atoms with Crippen LogP contribution in [0.4, 0.5) is 0 Å². The second-order valence-electron chi connectivity index (χ2n) is 7.67. The fourth-order valence-electron chi connectivity index (χ4n) is 3.82. The van der Waals surface area contributed by atoms with Crippen molar-refractivity contribution in [1.29, 1.82) is 0 Å². The first-order valence-corrected chi connectivity index (χ1v) is 10.5. The number of carbonyl (C=O) groups is 1. The molecule has 0 bridgehead atoms. The van der Waals surface area contributed by atoms with Gasteiger partial charge in [-0.2, -0.15) is 4.31 Å². The SMILES string of the molecule is Cc1nc(S(=O)(=O)N2CCC(C(=O)NC3(C)CCCC3)CC2)cn1C. The highest BCUT2D eigenvalue weighted by atomic mass is 32.2. The molecule has 1 saturated heterocycles. The maximum atomic E-state index is 12.7. The fraction of sp³-hybridized carbons (Fsp3) is 0.765. The molecule has 0 spiro atoms. The lowest BCUT2D eigenvalue weighted by Gasteiger charge is -2.33. The minimum atomic E-state index is -3.58. The Labute approximate surface area is 149 Å². The molecule has 25 heavy (non-hydrogen) atoms. The van der Waals surface area contributed by atoms with Crippen molar-refractivity contribution in [2.24, 2.45) is 13.0 Å². The zero-order chi connectivity index (χ0) is 18.2. The highest BCUT2D eigenvalue weighted by Gasteiger charge is 2.36. The minimum absolute atomic E-state index is 0.0776. The van der Waals surface area contributed by atoms with Gasteiger partial charge in [0.25, 0.3) is 10.0 Å². The van der Waals surface area contributed by atoms with Gasteiger partial charge in [-0.3, -0.25) is 4.79 Å². The summed E-state index contributed by atoms with van der Waals surface area (Å²) >= 11 is 0. The largest absolute Gasteiger partial charge is 0.351 e. The molecule has 7 nitrogen and oxygen atoms in total. The molecule has 8 heteroatoms. The van der Waals surface area contributed by atoms with Gasteiger partial charge in [-0.25, -0.2) is 13.4 Å². The monoisotopic (exact) mass is 368 g/mol. The predicted molar refractivity (Wildman–Crippen MR) is 94.4 cm³/mol. The fourth-order valence-corrected chi connectivity index (χ4v) is 5.32. The van der Waals surface area contributed by atoms with Gasteiger partial charge in [0, 0.05) is 37.8 Å². The summed E-state index contributed by atoms with van der Waals surface area (Å²) in [6, 6.07) is 0. The number of piperidine rings is 1. The van der Waals surface area contributed by atoms with E-state index in [1.165, 1.54) is 4.31 Å². The zero-order valence-electron chi connectivity index (χ0n) is 15.3. The van der Waals surface area contributed by atoms with E-state index in [0.29, 0.717) is 31.8 Å². The molecule has 140 valence electrons. The van der Waals surface area contributed by atoms with Crippen LogP contribution in [0.15, 0.2) is 11.2 Å². The number of aryl methyl sites for hydroxylation is 2. The Balaban J connectivity index is 1.60. The van der Waals surface area contributed by atoms with Gasteiger partial charge in [0.05, 0.1) is 0 Å². The lowest BCUT2D eigenvalue weighted by Crippen LogP contribution is -2.49. The van der Waals surface area contributed by atoms with E-state index in [9.17, 15) is 13.2 Å². The van der Waals surface area contributed by atoms with Crippen LogP contribution in [0, 0.1) is 12.8 Å². The number of nitrogens with zero attached hydrogens (tertiary/aromatic N) is 3. The number of aromatic nitrogens is 2. The van der Waals surface area contributed by atoms with Crippen molar-refractivity contribution in [3.8, 4) is 0 Å². The average Bonchev–Trinajstić information content (AvgIpc) is 3.14. The summed E-state index contributed by atoms with van der Waals surface area (Å²) in [6.07, 6.45) is 7.06. The molecule has 2 heterocycles. The molecule has 1 aromatic rings. The number of carbonyl (C=O) groups excluding carboxylic acids is 1. The van der Waals surface area contributed by atoms with Crippen LogP contribution < -0.4 is 5.32 Å². The number of rotatable bonds is 4. The number of sulfonamides is 1. The third kappa shape index (κ3) is 3.74. The van der Waals surface area contributed by atoms with Crippen LogP contribution in [0.1, 0.15) is 51.3 Å². The molecule has 0 radical (unpaired) electrons. The van der Waals surface area contributed by atoms with Crippen molar-refractivity contribution in [1.82, 2.24) is 19.2 Å². The molecule has 0 unspecified atom stereocenters. The van der Waals surface area contributed by atoms with E-state index in [0.717, 1.165) is 25.7 Å². The average molecular weight is 369 g/mol. The summed E-state index contributed by atoms with van der Waals surface area (Å²) in [7, 11) is -1.80. The maximum absolute atomic E-state index is 12.7. The molecule has 1 saturated carbocycles. The lowest BCUT2D eigenvalue weighted by atomic mass is 9.94. The minimum Gasteiger partial charge on any atom is -0.351 e. The van der Waals surface area contributed by atoms with E-state index < -0.39 is 10.0 Å². The third-order valence-corrected chi connectivity index (χ3v) is 7.42. The van der Waals surface area contributed by atoms with Gasteiger partial charge in [-0.05, 0) is 39.5 Å². The Hall–Kier alpha value is -1.41. The molecule has 0 atom stereocenters. The van der Waals surface area contributed by atoms with Crippen molar-refractivity contribution in [2.75, 3.05) is 13.1 Å². The Morgan fingerprint density at radius 2 is 1.88 bits per heavy atom. The molecule has 3 rings (SSSR count). The quantitative estimate of drug-likeness (QED) is 0.874. The first-order chi connectivity index (χ1) is 11.7. The molecule has 2 fully saturated rings. The van der Waals surface area contributed by atoms with Crippen LogP contribution in [0.25, 0.3) is 0 Å². The summed E-state index contributed by atoms with van der Waals surface area (Å²) < 4.78 is 28.6. The number of hydrogen-bond acceptors (Lipinski definition) is 4. The topological polar surface area (TPSA) is 84.3 Å². The van der Waals surface area contributed by atoms with E-state index in [2.05, 4.69) is 17.2 Å². The Morgan fingerprint density at radius 1 is 1.28 bits per heavy atom. The van der Waals surface area contributed by atoms with Gasteiger partial charge in [0.1, 0.15) is 5.82 Å². The number of imidazole rings is 1. The number of nitrogens with one attached hydrogen (secondary N) is 1. The van der Waals surface area contributed by atoms with Gasteiger partial charge in [0.2, 0.25) is 5.91 Å². The molecular formula is C17H28N4O3S. The normalized spacial score (nSPS) is 22.2. The van der Waals surface area contributed by atoms with Crippen LogP contribution in [0.3, 0.4) is 0 Å². The van der Waals surface area contributed by atoms with Crippen molar-refractivity contribution in [2.45, 2.75) is 62.9 Å². The summed E-state index contributed by atoms with van der Waals surface area (Å²) in [5, 5.41) is 3.29. The van der Waals surface area contributed by atoms with Gasteiger partial charge in [0.15, 0.2) is 5.03 Å². The Bertz CT molecular complexity index is 722. The van der Waals surface area contributed by atoms with Crippen LogP contribution in [-0.4, -0.2) is 46.8 Å². The molecular weight excluding hydrogens is 340 g/mol. The van der Waals surface area contributed by atoms with E-state index in [1.54, 1.807) is 24.7 Å². The molecule has 1 aliphatic heterocycles. The van der Waals surface area contributed by atoms with Gasteiger partial charge in [-0.1, -0.05) is 12.8 Å². The van der Waals surface area contributed by atoms with Crippen molar-refractivity contribution in [3.05, 3.63) is 12.0 Å². The molecule has 1 N–H and O–H groups in total. The van der Waals surface area contributed by atoms with E-state index in [-0.39, 0.29) is 22.4 Å². The molecule has 1 aliphatic carbocycles. The van der Waals surface area contributed by atoms with Crippen LogP contribution in [-0.2, 0) is 21.9 Å². The summed E-state index contributed by atoms with van der Waals surface area (Å²) in [6.45, 7) is 4.62. The second-order valence-corrected chi connectivity index (χ2v) is 9.56.